The summed E-state index contributed by atoms with van der Waals surface area (Å²) in [6.07, 6.45) is -1.39. The number of amides is 1. The number of halogens is 2. The van der Waals surface area contributed by atoms with Gasteiger partial charge in [-0.25, -0.2) is 8.78 Å². The van der Waals surface area contributed by atoms with E-state index in [0.717, 1.165) is 6.42 Å². The highest BCUT2D eigenvalue weighted by atomic mass is 19.3. The first-order valence-corrected chi connectivity index (χ1v) is 5.90. The Labute approximate surface area is 100 Å². The van der Waals surface area contributed by atoms with E-state index in [1.807, 2.05) is 6.92 Å². The van der Waals surface area contributed by atoms with Crippen LogP contribution in [0.2, 0.25) is 0 Å². The van der Waals surface area contributed by atoms with Crippen LogP contribution in [0.4, 0.5) is 8.78 Å². The van der Waals surface area contributed by atoms with Crippen LogP contribution < -0.4 is 5.73 Å². The lowest BCUT2D eigenvalue weighted by Crippen LogP contribution is -2.33. The number of likely N-dealkylation sites (tertiary alicyclic amines) is 1. The van der Waals surface area contributed by atoms with Gasteiger partial charge in [0.05, 0.1) is 13.0 Å². The van der Waals surface area contributed by atoms with Crippen LogP contribution in [0.5, 0.6) is 0 Å². The fourth-order valence-electron chi connectivity index (χ4n) is 1.93. The lowest BCUT2D eigenvalue weighted by Gasteiger charge is -2.18. The molecule has 0 aromatic rings. The van der Waals surface area contributed by atoms with Crippen molar-refractivity contribution in [2.75, 3.05) is 26.3 Å². The molecule has 1 saturated heterocycles. The Kier molecular flexibility index (Phi) is 5.77. The molecule has 1 heterocycles. The molecule has 0 bridgehead atoms. The van der Waals surface area contributed by atoms with Gasteiger partial charge in [-0.1, -0.05) is 0 Å². The zero-order valence-corrected chi connectivity index (χ0v) is 10.1. The summed E-state index contributed by atoms with van der Waals surface area (Å²) < 4.78 is 28.2. The van der Waals surface area contributed by atoms with Crippen LogP contribution in [0.15, 0.2) is 0 Å². The molecule has 100 valence electrons. The molecule has 1 rings (SSSR count). The minimum Gasteiger partial charge on any atom is -0.375 e. The number of ether oxygens (including phenoxy) is 1. The van der Waals surface area contributed by atoms with Crippen LogP contribution in [-0.2, 0) is 9.53 Å². The van der Waals surface area contributed by atoms with E-state index in [9.17, 15) is 13.6 Å². The molecule has 0 spiro atoms. The number of nitrogens with zero attached hydrogens (tertiary/aromatic N) is 1. The molecule has 1 aliphatic heterocycles. The van der Waals surface area contributed by atoms with Crippen LogP contribution >= 0.6 is 0 Å². The molecular formula is C11H20F2N2O2. The van der Waals surface area contributed by atoms with E-state index in [0.29, 0.717) is 19.0 Å². The normalized spacial score (nSPS) is 22.2. The largest absolute Gasteiger partial charge is 0.375 e. The van der Waals surface area contributed by atoms with Gasteiger partial charge >= 0.3 is 0 Å². The fourth-order valence-corrected chi connectivity index (χ4v) is 1.93. The Bertz CT molecular complexity index is 250. The van der Waals surface area contributed by atoms with Gasteiger partial charge in [0.1, 0.15) is 6.61 Å². The van der Waals surface area contributed by atoms with Crippen LogP contribution in [-0.4, -0.2) is 49.6 Å². The number of rotatable bonds is 6. The molecule has 4 nitrogen and oxygen atoms in total. The number of carbonyl (C=O) groups excluding carboxylic acids is 1. The van der Waals surface area contributed by atoms with E-state index in [1.54, 1.807) is 4.90 Å². The zero-order valence-electron chi connectivity index (χ0n) is 10.1. The number of hydrogen-bond acceptors (Lipinski definition) is 3. The Morgan fingerprint density at radius 2 is 2.29 bits per heavy atom. The number of carbonyl (C=O) groups is 1. The second-order valence-corrected chi connectivity index (χ2v) is 4.46. The maximum Gasteiger partial charge on any atom is 0.261 e. The van der Waals surface area contributed by atoms with Gasteiger partial charge in [0, 0.05) is 19.1 Å². The Hall–Kier alpha value is -0.750. The van der Waals surface area contributed by atoms with Crippen molar-refractivity contribution in [1.29, 1.82) is 0 Å². The van der Waals surface area contributed by atoms with Gasteiger partial charge in [-0.2, -0.15) is 0 Å². The maximum atomic E-state index is 11.8. The van der Waals surface area contributed by atoms with E-state index in [1.165, 1.54) is 0 Å². The lowest BCUT2D eigenvalue weighted by atomic mass is 10.0. The van der Waals surface area contributed by atoms with Gasteiger partial charge in [0.25, 0.3) is 6.43 Å². The predicted molar refractivity (Wildman–Crippen MR) is 59.8 cm³/mol. The van der Waals surface area contributed by atoms with Gasteiger partial charge < -0.3 is 15.4 Å². The summed E-state index contributed by atoms with van der Waals surface area (Å²) in [6, 6.07) is 0.0860. The van der Waals surface area contributed by atoms with E-state index in [2.05, 4.69) is 4.74 Å². The van der Waals surface area contributed by atoms with Crippen molar-refractivity contribution >= 4 is 5.91 Å². The lowest BCUT2D eigenvalue weighted by molar-refractivity contribution is -0.131. The molecule has 0 aromatic heterocycles. The Morgan fingerprint density at radius 3 is 2.82 bits per heavy atom. The van der Waals surface area contributed by atoms with Gasteiger partial charge in [-0.3, -0.25) is 4.79 Å². The van der Waals surface area contributed by atoms with E-state index >= 15 is 0 Å². The van der Waals surface area contributed by atoms with Crippen LogP contribution in [0.3, 0.4) is 0 Å². The molecule has 0 aromatic carbocycles. The quantitative estimate of drug-likeness (QED) is 0.711. The van der Waals surface area contributed by atoms with Crippen molar-refractivity contribution in [3.63, 3.8) is 0 Å². The molecule has 6 heteroatoms. The third-order valence-electron chi connectivity index (χ3n) is 3.03. The fraction of sp³-hybridized carbons (Fsp3) is 0.909. The van der Waals surface area contributed by atoms with Crippen molar-refractivity contribution in [3.8, 4) is 0 Å². The van der Waals surface area contributed by atoms with E-state index in [4.69, 9.17) is 5.73 Å². The third kappa shape index (κ3) is 4.95. The van der Waals surface area contributed by atoms with Crippen LogP contribution in [0, 0.1) is 5.92 Å². The molecule has 1 aliphatic rings. The number of alkyl halides is 2. The van der Waals surface area contributed by atoms with Gasteiger partial charge in [-0.15, -0.1) is 0 Å². The molecule has 0 aliphatic carbocycles. The molecule has 1 amide bonds. The Morgan fingerprint density at radius 1 is 1.59 bits per heavy atom. The van der Waals surface area contributed by atoms with E-state index < -0.39 is 13.0 Å². The zero-order chi connectivity index (χ0) is 12.8. The smallest absolute Gasteiger partial charge is 0.261 e. The summed E-state index contributed by atoms with van der Waals surface area (Å²) in [4.78, 5) is 13.4. The minimum atomic E-state index is -2.47. The van der Waals surface area contributed by atoms with Gasteiger partial charge in [-0.05, 0) is 19.3 Å². The molecule has 2 atom stereocenters. The molecular weight excluding hydrogens is 230 g/mol. The highest BCUT2D eigenvalue weighted by molar-refractivity contribution is 5.76. The monoisotopic (exact) mass is 250 g/mol. The summed E-state index contributed by atoms with van der Waals surface area (Å²) in [5, 5.41) is 0. The first-order chi connectivity index (χ1) is 8.00. The van der Waals surface area contributed by atoms with Crippen molar-refractivity contribution in [3.05, 3.63) is 0 Å². The summed E-state index contributed by atoms with van der Waals surface area (Å²) in [5.41, 5.74) is 5.77. The van der Waals surface area contributed by atoms with Crippen molar-refractivity contribution in [2.45, 2.75) is 32.2 Å². The summed E-state index contributed by atoms with van der Waals surface area (Å²) in [7, 11) is 0. The summed E-state index contributed by atoms with van der Waals surface area (Å²) in [5.74, 6) is 0.309. The molecule has 2 unspecified atom stereocenters. The van der Waals surface area contributed by atoms with Gasteiger partial charge in [0.2, 0.25) is 5.91 Å². The summed E-state index contributed by atoms with van der Waals surface area (Å²) >= 11 is 0. The molecule has 1 fully saturated rings. The first kappa shape index (κ1) is 14.3. The highest BCUT2D eigenvalue weighted by Crippen LogP contribution is 2.19. The third-order valence-corrected chi connectivity index (χ3v) is 3.03. The second kappa shape index (κ2) is 6.86. The average Bonchev–Trinajstić information content (AvgIpc) is 2.73. The van der Waals surface area contributed by atoms with Crippen molar-refractivity contribution < 1.29 is 18.3 Å². The second-order valence-electron chi connectivity index (χ2n) is 4.46. The van der Waals surface area contributed by atoms with Crippen molar-refractivity contribution in [1.82, 2.24) is 4.90 Å². The Balaban J connectivity index is 2.16. The maximum absolute atomic E-state index is 11.8. The van der Waals surface area contributed by atoms with Gasteiger partial charge in [0.15, 0.2) is 0 Å². The highest BCUT2D eigenvalue weighted by Gasteiger charge is 2.27. The minimum absolute atomic E-state index is 0.0394. The number of hydrogen-bond donors (Lipinski definition) is 1. The van der Waals surface area contributed by atoms with E-state index in [-0.39, 0.29) is 25.0 Å². The topological polar surface area (TPSA) is 55.6 Å². The number of nitrogens with two attached hydrogens (primary N) is 1. The first-order valence-electron chi connectivity index (χ1n) is 5.90. The molecule has 0 saturated carbocycles. The standard InChI is InChI=1S/C11H20F2N2O2/c1-8(14)9-2-4-15(6-9)11(16)3-5-17-7-10(12)13/h8-10H,2-7,14H2,1H3. The van der Waals surface area contributed by atoms with Crippen LogP contribution in [0.25, 0.3) is 0 Å². The predicted octanol–water partition coefficient (Wildman–Crippen LogP) is 0.854. The summed E-state index contributed by atoms with van der Waals surface area (Å²) in [6.45, 7) is 2.77. The molecule has 2 N–H and O–H groups in total. The average molecular weight is 250 g/mol. The molecule has 17 heavy (non-hydrogen) atoms. The van der Waals surface area contributed by atoms with Crippen molar-refractivity contribution in [2.24, 2.45) is 11.7 Å². The SMILES string of the molecule is CC(N)C1CCN(C(=O)CCOCC(F)F)C1. The van der Waals surface area contributed by atoms with Crippen LogP contribution in [0.1, 0.15) is 19.8 Å². The molecule has 0 radical (unpaired) electrons.